The van der Waals surface area contributed by atoms with E-state index >= 15 is 0 Å². The Hall–Kier alpha value is -3.72. The van der Waals surface area contributed by atoms with Crippen LogP contribution in [0.1, 0.15) is 13.8 Å². The highest BCUT2D eigenvalue weighted by Crippen LogP contribution is 2.32. The first-order valence-corrected chi connectivity index (χ1v) is 10.8. The van der Waals surface area contributed by atoms with Gasteiger partial charge in [-0.1, -0.05) is 13.8 Å². The number of nitrogens with one attached hydrogen (secondary N) is 1. The summed E-state index contributed by atoms with van der Waals surface area (Å²) < 4.78 is 12.7. The molecule has 0 unspecified atom stereocenters. The van der Waals surface area contributed by atoms with Gasteiger partial charge in [0.1, 0.15) is 22.8 Å². The summed E-state index contributed by atoms with van der Waals surface area (Å²) in [7, 11) is 5.17. The predicted molar refractivity (Wildman–Crippen MR) is 129 cm³/mol. The maximum atomic E-state index is 5.49. The van der Waals surface area contributed by atoms with Crippen LogP contribution in [0.25, 0.3) is 22.4 Å². The van der Waals surface area contributed by atoms with Crippen LogP contribution < -0.4 is 19.7 Å². The molecule has 0 aliphatic heterocycles. The number of aryl methyl sites for hydroxylation is 1. The molecule has 0 saturated carbocycles. The van der Waals surface area contributed by atoms with Crippen LogP contribution in [0.5, 0.6) is 11.5 Å². The molecular weight excluding hydrogens is 418 g/mol. The number of anilines is 2. The van der Waals surface area contributed by atoms with Crippen molar-refractivity contribution in [3.8, 4) is 22.8 Å². The van der Waals surface area contributed by atoms with Crippen molar-refractivity contribution in [2.75, 3.05) is 32.2 Å². The number of hydrogen-bond donors (Lipinski definition) is 1. The maximum absolute atomic E-state index is 5.49. The van der Waals surface area contributed by atoms with Crippen LogP contribution in [0.2, 0.25) is 0 Å². The van der Waals surface area contributed by atoms with Gasteiger partial charge in [0.25, 0.3) is 0 Å². The highest BCUT2D eigenvalue weighted by Gasteiger charge is 2.16. The summed E-state index contributed by atoms with van der Waals surface area (Å²) in [5, 5.41) is 7.70. The lowest BCUT2D eigenvalue weighted by atomic mass is 10.2. The van der Waals surface area contributed by atoms with Gasteiger partial charge in [-0.3, -0.25) is 9.67 Å². The van der Waals surface area contributed by atoms with Crippen molar-refractivity contribution in [1.82, 2.24) is 30.0 Å². The molecule has 0 saturated heterocycles. The first-order valence-electron chi connectivity index (χ1n) is 10.8. The van der Waals surface area contributed by atoms with Crippen LogP contribution in [-0.2, 0) is 7.05 Å². The molecule has 0 atom stereocenters. The van der Waals surface area contributed by atoms with Gasteiger partial charge in [0.2, 0.25) is 0 Å². The molecule has 4 rings (SSSR count). The highest BCUT2D eigenvalue weighted by atomic mass is 16.5. The van der Waals surface area contributed by atoms with E-state index in [0.29, 0.717) is 29.7 Å². The summed E-state index contributed by atoms with van der Waals surface area (Å²) in [5.41, 5.74) is 3.85. The van der Waals surface area contributed by atoms with Crippen molar-refractivity contribution in [1.29, 1.82) is 0 Å². The van der Waals surface area contributed by atoms with Gasteiger partial charge in [-0.15, -0.1) is 0 Å². The molecule has 9 nitrogen and oxygen atoms in total. The van der Waals surface area contributed by atoms with Gasteiger partial charge in [-0.2, -0.15) is 5.10 Å². The standard InChI is InChI=1S/C24H29N7O2/c1-16(2)25-8-9-31(18-10-19(32-4)12-20(11-18)33-5)23-7-6-21-24(29-23)28-22(14-26-21)17-13-27-30(3)15-17/h6-7,10-16,25H,8-9H2,1-5H3. The van der Waals surface area contributed by atoms with Crippen molar-refractivity contribution in [2.45, 2.75) is 19.9 Å². The summed E-state index contributed by atoms with van der Waals surface area (Å²) in [6.45, 7) is 5.73. The second kappa shape index (κ2) is 9.83. The summed E-state index contributed by atoms with van der Waals surface area (Å²) >= 11 is 0. The second-order valence-electron chi connectivity index (χ2n) is 8.00. The van der Waals surface area contributed by atoms with Crippen molar-refractivity contribution >= 4 is 22.7 Å². The largest absolute Gasteiger partial charge is 0.497 e. The Morgan fingerprint density at radius 2 is 1.79 bits per heavy atom. The lowest BCUT2D eigenvalue weighted by Crippen LogP contribution is -2.33. The van der Waals surface area contributed by atoms with Crippen LogP contribution in [0.4, 0.5) is 11.5 Å². The molecule has 0 radical (unpaired) electrons. The van der Waals surface area contributed by atoms with E-state index in [1.54, 1.807) is 31.3 Å². The molecule has 4 aromatic rings. The molecule has 172 valence electrons. The molecule has 0 spiro atoms. The topological polar surface area (TPSA) is 90.2 Å². The van der Waals surface area contributed by atoms with Crippen LogP contribution in [0.3, 0.4) is 0 Å². The van der Waals surface area contributed by atoms with Gasteiger partial charge >= 0.3 is 0 Å². The van der Waals surface area contributed by atoms with Crippen molar-refractivity contribution in [2.24, 2.45) is 7.05 Å². The molecule has 3 aromatic heterocycles. The third-order valence-corrected chi connectivity index (χ3v) is 5.21. The summed E-state index contributed by atoms with van der Waals surface area (Å²) in [6, 6.07) is 10.1. The van der Waals surface area contributed by atoms with Gasteiger partial charge in [0.15, 0.2) is 5.65 Å². The first kappa shape index (κ1) is 22.5. The number of ether oxygens (including phenoxy) is 2. The quantitative estimate of drug-likeness (QED) is 0.416. The van der Waals surface area contributed by atoms with E-state index in [1.807, 2.05) is 43.6 Å². The number of fused-ring (bicyclic) bond motifs is 1. The van der Waals surface area contributed by atoms with Crippen LogP contribution >= 0.6 is 0 Å². The molecule has 3 heterocycles. The number of pyridine rings is 1. The molecule has 9 heteroatoms. The van der Waals surface area contributed by atoms with E-state index in [-0.39, 0.29) is 0 Å². The Bertz CT molecular complexity index is 1220. The summed E-state index contributed by atoms with van der Waals surface area (Å²) in [4.78, 5) is 16.3. The number of methoxy groups -OCH3 is 2. The zero-order valence-corrected chi connectivity index (χ0v) is 19.6. The summed E-state index contributed by atoms with van der Waals surface area (Å²) in [5.74, 6) is 2.19. The van der Waals surface area contributed by atoms with Crippen molar-refractivity contribution < 1.29 is 9.47 Å². The number of nitrogens with zero attached hydrogens (tertiary/aromatic N) is 6. The molecule has 33 heavy (non-hydrogen) atoms. The first-order chi connectivity index (χ1) is 16.0. The van der Waals surface area contributed by atoms with Gasteiger partial charge in [-0.25, -0.2) is 9.97 Å². The third-order valence-electron chi connectivity index (χ3n) is 5.21. The van der Waals surface area contributed by atoms with Crippen molar-refractivity contribution in [3.05, 3.63) is 48.9 Å². The number of rotatable bonds is 9. The minimum atomic E-state index is 0.379. The minimum absolute atomic E-state index is 0.379. The zero-order chi connectivity index (χ0) is 23.4. The Kier molecular flexibility index (Phi) is 6.69. The fraction of sp³-hybridized carbons (Fsp3) is 0.333. The Balaban J connectivity index is 1.76. The van der Waals surface area contributed by atoms with E-state index in [9.17, 15) is 0 Å². The highest BCUT2D eigenvalue weighted by molar-refractivity contribution is 5.77. The number of hydrogen-bond acceptors (Lipinski definition) is 8. The van der Waals surface area contributed by atoms with E-state index in [2.05, 4.69) is 34.1 Å². The van der Waals surface area contributed by atoms with E-state index in [0.717, 1.165) is 34.8 Å². The minimum Gasteiger partial charge on any atom is -0.497 e. The second-order valence-corrected chi connectivity index (χ2v) is 8.00. The average Bonchev–Trinajstić information content (AvgIpc) is 3.26. The molecule has 0 aliphatic rings. The smallest absolute Gasteiger partial charge is 0.180 e. The predicted octanol–water partition coefficient (Wildman–Crippen LogP) is 3.58. The average molecular weight is 448 g/mol. The van der Waals surface area contributed by atoms with Crippen LogP contribution in [0.15, 0.2) is 48.9 Å². The SMILES string of the molecule is COc1cc(OC)cc(N(CCNC(C)C)c2ccc3ncc(-c4cnn(C)c4)nc3n2)c1. The Morgan fingerprint density at radius 3 is 2.42 bits per heavy atom. The van der Waals surface area contributed by atoms with E-state index in [4.69, 9.17) is 19.4 Å². The van der Waals surface area contributed by atoms with Crippen LogP contribution in [-0.4, -0.2) is 58.1 Å². The van der Waals surface area contributed by atoms with Crippen molar-refractivity contribution in [3.63, 3.8) is 0 Å². The lowest BCUT2D eigenvalue weighted by Gasteiger charge is -2.25. The Labute approximate surface area is 193 Å². The Morgan fingerprint density at radius 1 is 1.03 bits per heavy atom. The molecule has 0 fully saturated rings. The molecular formula is C24H29N7O2. The van der Waals surface area contributed by atoms with Gasteiger partial charge < -0.3 is 19.7 Å². The third kappa shape index (κ3) is 5.20. The summed E-state index contributed by atoms with van der Waals surface area (Å²) in [6.07, 6.45) is 5.43. The monoisotopic (exact) mass is 447 g/mol. The maximum Gasteiger partial charge on any atom is 0.180 e. The molecule has 0 amide bonds. The molecule has 1 N–H and O–H groups in total. The number of benzene rings is 1. The molecule has 1 aromatic carbocycles. The van der Waals surface area contributed by atoms with Gasteiger partial charge in [0.05, 0.1) is 32.3 Å². The van der Waals surface area contributed by atoms with Crippen LogP contribution in [0, 0.1) is 0 Å². The number of aromatic nitrogens is 5. The molecule has 0 aliphatic carbocycles. The normalized spacial score (nSPS) is 11.2. The molecule has 0 bridgehead atoms. The lowest BCUT2D eigenvalue weighted by molar-refractivity contribution is 0.394. The van der Waals surface area contributed by atoms with E-state index < -0.39 is 0 Å². The fourth-order valence-electron chi connectivity index (χ4n) is 3.52. The van der Waals surface area contributed by atoms with E-state index in [1.165, 1.54) is 0 Å². The fourth-order valence-corrected chi connectivity index (χ4v) is 3.52. The zero-order valence-electron chi connectivity index (χ0n) is 19.6. The van der Waals surface area contributed by atoms with Gasteiger partial charge in [-0.05, 0) is 12.1 Å². The van der Waals surface area contributed by atoms with Gasteiger partial charge in [0, 0.05) is 61.8 Å².